The van der Waals surface area contributed by atoms with Crippen LogP contribution in [0.1, 0.15) is 24.9 Å². The van der Waals surface area contributed by atoms with Crippen LogP contribution in [-0.4, -0.2) is 36.5 Å². The van der Waals surface area contributed by atoms with Crippen molar-refractivity contribution in [1.82, 2.24) is 10.2 Å². The van der Waals surface area contributed by atoms with Crippen molar-refractivity contribution < 1.29 is 4.79 Å². The summed E-state index contributed by atoms with van der Waals surface area (Å²) in [7, 11) is 0. The maximum Gasteiger partial charge on any atom is 0.224 e. The third-order valence-electron chi connectivity index (χ3n) is 3.32. The van der Waals surface area contributed by atoms with Gasteiger partial charge >= 0.3 is 0 Å². The molecule has 1 saturated heterocycles. The lowest BCUT2D eigenvalue weighted by atomic mass is 10.0. The minimum absolute atomic E-state index is 0.00583. The molecule has 0 aromatic heterocycles. The molecule has 4 nitrogen and oxygen atoms in total. The fraction of sp³-hybridized carbons (Fsp3) is 0.500. The Balaban J connectivity index is 2.21. The third kappa shape index (κ3) is 3.47. The van der Waals surface area contributed by atoms with Gasteiger partial charge in [-0.3, -0.25) is 4.79 Å². The van der Waals surface area contributed by atoms with Crippen LogP contribution in [0.25, 0.3) is 0 Å². The summed E-state index contributed by atoms with van der Waals surface area (Å²) in [5, 5.41) is 4.02. The molecule has 1 amide bonds. The highest BCUT2D eigenvalue weighted by molar-refractivity contribution is 6.31. The largest absolute Gasteiger partial charge is 0.333 e. The van der Waals surface area contributed by atoms with Gasteiger partial charge in [0.2, 0.25) is 5.91 Å². The van der Waals surface area contributed by atoms with Crippen molar-refractivity contribution >= 4 is 17.5 Å². The van der Waals surface area contributed by atoms with Crippen molar-refractivity contribution in [3.63, 3.8) is 0 Å². The highest BCUT2D eigenvalue weighted by Crippen LogP contribution is 2.28. The van der Waals surface area contributed by atoms with Gasteiger partial charge in [-0.25, -0.2) is 0 Å². The van der Waals surface area contributed by atoms with E-state index in [1.807, 2.05) is 36.1 Å². The van der Waals surface area contributed by atoms with Crippen LogP contribution in [0, 0.1) is 0 Å². The van der Waals surface area contributed by atoms with Gasteiger partial charge in [0.25, 0.3) is 0 Å². The maximum absolute atomic E-state index is 12.3. The first-order valence-electron chi connectivity index (χ1n) is 6.60. The molecule has 0 bridgehead atoms. The molecule has 1 aliphatic rings. The van der Waals surface area contributed by atoms with Crippen LogP contribution in [-0.2, 0) is 4.79 Å². The number of nitrogens with two attached hydrogens (primary N) is 1. The lowest BCUT2D eigenvalue weighted by Gasteiger charge is -2.37. The highest BCUT2D eigenvalue weighted by Gasteiger charge is 2.29. The van der Waals surface area contributed by atoms with Crippen LogP contribution in [0.5, 0.6) is 0 Å². The number of nitrogens with one attached hydrogen (secondary N) is 1. The van der Waals surface area contributed by atoms with Crippen molar-refractivity contribution in [3.8, 4) is 0 Å². The summed E-state index contributed by atoms with van der Waals surface area (Å²) in [6, 6.07) is 7.56. The lowest BCUT2D eigenvalue weighted by molar-refractivity contribution is -0.134. The molecule has 2 rings (SSSR count). The maximum atomic E-state index is 12.3. The molecule has 3 N–H and O–H groups in total. The molecule has 2 unspecified atom stereocenters. The number of rotatable bonds is 3. The number of benzene rings is 1. The Labute approximate surface area is 118 Å². The Morgan fingerprint density at radius 3 is 3.00 bits per heavy atom. The van der Waals surface area contributed by atoms with E-state index in [9.17, 15) is 4.79 Å². The van der Waals surface area contributed by atoms with Crippen LogP contribution in [0.3, 0.4) is 0 Å². The fourth-order valence-corrected chi connectivity index (χ4v) is 2.68. The number of piperazine rings is 1. The SMILES string of the molecule is CC(N)CC(=O)N1CCNCC1c1ccccc1Cl. The monoisotopic (exact) mass is 281 g/mol. The zero-order valence-corrected chi connectivity index (χ0v) is 11.9. The standard InChI is InChI=1S/C14H20ClN3O/c1-10(16)8-14(19)18-7-6-17-9-13(18)11-4-2-3-5-12(11)15/h2-5,10,13,17H,6-9,16H2,1H3. The predicted octanol–water partition coefficient (Wildman–Crippen LogP) is 1.55. The molecule has 0 saturated carbocycles. The van der Waals surface area contributed by atoms with Gasteiger partial charge in [0, 0.05) is 37.1 Å². The van der Waals surface area contributed by atoms with E-state index in [1.165, 1.54) is 0 Å². The van der Waals surface area contributed by atoms with Crippen molar-refractivity contribution in [2.75, 3.05) is 19.6 Å². The zero-order valence-electron chi connectivity index (χ0n) is 11.1. The molecule has 1 heterocycles. The predicted molar refractivity (Wildman–Crippen MR) is 77.0 cm³/mol. The van der Waals surface area contributed by atoms with E-state index < -0.39 is 0 Å². The van der Waals surface area contributed by atoms with Crippen molar-refractivity contribution in [3.05, 3.63) is 34.9 Å². The van der Waals surface area contributed by atoms with E-state index in [0.29, 0.717) is 18.0 Å². The number of hydrogen-bond acceptors (Lipinski definition) is 3. The Bertz CT molecular complexity index is 450. The molecule has 1 aromatic rings. The molecule has 0 spiro atoms. The van der Waals surface area contributed by atoms with Gasteiger partial charge in [-0.15, -0.1) is 0 Å². The summed E-state index contributed by atoms with van der Waals surface area (Å²) in [6.45, 7) is 4.09. The third-order valence-corrected chi connectivity index (χ3v) is 3.67. The number of amides is 1. The van der Waals surface area contributed by atoms with Crippen LogP contribution in [0.4, 0.5) is 0 Å². The van der Waals surface area contributed by atoms with Crippen LogP contribution >= 0.6 is 11.6 Å². The number of carbonyl (C=O) groups excluding carboxylic acids is 1. The Morgan fingerprint density at radius 2 is 2.32 bits per heavy atom. The lowest BCUT2D eigenvalue weighted by Crippen LogP contribution is -2.49. The Morgan fingerprint density at radius 1 is 1.58 bits per heavy atom. The second-order valence-corrected chi connectivity index (χ2v) is 5.42. The molecule has 1 aromatic carbocycles. The average Bonchev–Trinajstić information content (AvgIpc) is 2.38. The number of hydrogen-bond donors (Lipinski definition) is 2. The molecule has 1 fully saturated rings. The van der Waals surface area contributed by atoms with Crippen molar-refractivity contribution in [2.45, 2.75) is 25.4 Å². The normalized spacial score (nSPS) is 21.2. The van der Waals surface area contributed by atoms with E-state index >= 15 is 0 Å². The second-order valence-electron chi connectivity index (χ2n) is 5.01. The van der Waals surface area contributed by atoms with Gasteiger partial charge in [-0.05, 0) is 18.6 Å². The van der Waals surface area contributed by atoms with E-state index in [-0.39, 0.29) is 18.0 Å². The van der Waals surface area contributed by atoms with Gasteiger partial charge in [0.15, 0.2) is 0 Å². The molecule has 0 radical (unpaired) electrons. The first-order valence-corrected chi connectivity index (χ1v) is 6.97. The molecular weight excluding hydrogens is 262 g/mol. The second kappa shape index (κ2) is 6.37. The summed E-state index contributed by atoms with van der Waals surface area (Å²) in [5.74, 6) is 0.0985. The summed E-state index contributed by atoms with van der Waals surface area (Å²) in [4.78, 5) is 14.2. The molecular formula is C14H20ClN3O. The average molecular weight is 282 g/mol. The van der Waals surface area contributed by atoms with Gasteiger partial charge in [0.05, 0.1) is 6.04 Å². The fourth-order valence-electron chi connectivity index (χ4n) is 2.42. The molecule has 19 heavy (non-hydrogen) atoms. The molecule has 2 atom stereocenters. The Kier molecular flexibility index (Phi) is 4.80. The van der Waals surface area contributed by atoms with Crippen LogP contribution < -0.4 is 11.1 Å². The molecule has 104 valence electrons. The highest BCUT2D eigenvalue weighted by atomic mass is 35.5. The van der Waals surface area contributed by atoms with Gasteiger partial charge in [-0.2, -0.15) is 0 Å². The van der Waals surface area contributed by atoms with E-state index in [0.717, 1.165) is 18.7 Å². The summed E-state index contributed by atoms with van der Waals surface area (Å²) >= 11 is 6.24. The quantitative estimate of drug-likeness (QED) is 0.884. The van der Waals surface area contributed by atoms with E-state index in [1.54, 1.807) is 0 Å². The first-order chi connectivity index (χ1) is 9.09. The van der Waals surface area contributed by atoms with Gasteiger partial charge in [-0.1, -0.05) is 29.8 Å². The number of carbonyl (C=O) groups is 1. The minimum atomic E-state index is -0.116. The zero-order chi connectivity index (χ0) is 13.8. The molecule has 5 heteroatoms. The van der Waals surface area contributed by atoms with Crippen LogP contribution in [0.2, 0.25) is 5.02 Å². The van der Waals surface area contributed by atoms with Crippen molar-refractivity contribution in [1.29, 1.82) is 0 Å². The smallest absolute Gasteiger partial charge is 0.224 e. The molecule has 1 aliphatic heterocycles. The topological polar surface area (TPSA) is 58.4 Å². The summed E-state index contributed by atoms with van der Waals surface area (Å²) in [6.07, 6.45) is 0.376. The van der Waals surface area contributed by atoms with E-state index in [2.05, 4.69) is 5.32 Å². The van der Waals surface area contributed by atoms with E-state index in [4.69, 9.17) is 17.3 Å². The Hall–Kier alpha value is -1.10. The van der Waals surface area contributed by atoms with Crippen LogP contribution in [0.15, 0.2) is 24.3 Å². The van der Waals surface area contributed by atoms with Crippen molar-refractivity contribution in [2.24, 2.45) is 5.73 Å². The number of halogens is 1. The number of nitrogens with zero attached hydrogens (tertiary/aromatic N) is 1. The molecule has 0 aliphatic carbocycles. The first kappa shape index (κ1) is 14.3. The summed E-state index contributed by atoms with van der Waals surface area (Å²) < 4.78 is 0. The van der Waals surface area contributed by atoms with Gasteiger partial charge < -0.3 is 16.0 Å². The summed E-state index contributed by atoms with van der Waals surface area (Å²) in [5.41, 5.74) is 6.72. The minimum Gasteiger partial charge on any atom is -0.333 e. The van der Waals surface area contributed by atoms with Gasteiger partial charge in [0.1, 0.15) is 0 Å².